The number of quaternary nitrogens is 1. The van der Waals surface area contributed by atoms with Crippen LogP contribution in [0.1, 0.15) is 80.1 Å². The maximum absolute atomic E-state index is 6.52. The molecule has 4 bridgehead atoms. The molecule has 0 radical (unpaired) electrons. The molecule has 4 aliphatic rings. The van der Waals surface area contributed by atoms with Crippen LogP contribution in [0.5, 0.6) is 0 Å². The average Bonchev–Trinajstić information content (AvgIpc) is 3.13. The van der Waals surface area contributed by atoms with E-state index in [0.29, 0.717) is 33.9 Å². The van der Waals surface area contributed by atoms with E-state index >= 15 is 0 Å². The Morgan fingerprint density at radius 1 is 0.690 bits per heavy atom. The van der Waals surface area contributed by atoms with Gasteiger partial charge in [-0.05, 0) is 72.0 Å². The van der Waals surface area contributed by atoms with Crippen LogP contribution in [-0.2, 0) is 9.47 Å². The summed E-state index contributed by atoms with van der Waals surface area (Å²) in [6, 6.07) is 0. The molecule has 4 fully saturated rings. The van der Waals surface area contributed by atoms with Gasteiger partial charge in [0, 0.05) is 0 Å². The minimum absolute atomic E-state index is 0.377. The van der Waals surface area contributed by atoms with Gasteiger partial charge in [-0.2, -0.15) is 0 Å². The Morgan fingerprint density at radius 2 is 1.07 bits per heavy atom. The maximum atomic E-state index is 6.52. The molecule has 0 aromatic heterocycles. The Balaban J connectivity index is 1.21. The maximum Gasteiger partial charge on any atom is 0.102 e. The van der Waals surface area contributed by atoms with Crippen molar-refractivity contribution in [2.45, 2.75) is 92.3 Å². The van der Waals surface area contributed by atoms with E-state index in [2.05, 4.69) is 55.6 Å². The van der Waals surface area contributed by atoms with E-state index in [1.54, 1.807) is 0 Å². The van der Waals surface area contributed by atoms with Gasteiger partial charge in [0.1, 0.15) is 13.1 Å². The first kappa shape index (κ1) is 22.1. The highest BCUT2D eigenvalue weighted by Gasteiger charge is 2.62. The van der Waals surface area contributed by atoms with Gasteiger partial charge in [0.15, 0.2) is 0 Å². The van der Waals surface area contributed by atoms with Crippen LogP contribution in [0.2, 0.25) is 0 Å². The van der Waals surface area contributed by atoms with Crippen LogP contribution < -0.4 is 0 Å². The Morgan fingerprint density at radius 3 is 1.34 bits per heavy atom. The number of nitrogens with zero attached hydrogens (tertiary/aromatic N) is 1. The largest absolute Gasteiger partial charge is 0.372 e. The third kappa shape index (κ3) is 3.24. The molecule has 3 nitrogen and oxygen atoms in total. The van der Waals surface area contributed by atoms with Crippen molar-refractivity contribution in [2.75, 3.05) is 40.4 Å². The lowest BCUT2D eigenvalue weighted by Crippen LogP contribution is -2.47. The predicted molar refractivity (Wildman–Crippen MR) is 120 cm³/mol. The molecule has 168 valence electrons. The second-order valence-electron chi connectivity index (χ2n) is 13.3. The standard InChI is InChI=1S/C26H48NO2/c1-23(2)19-9-11-25(23,5)21(17-19)28-15-13-27(7,8)14-16-29-22-18-20-10-12-26(22,6)24(20,3)4/h19-22H,9-18H2,1-8H3/q+1/t19-,20+,21-,22-,25+,26-/m1/s1. The molecule has 0 N–H and O–H groups in total. The molecule has 0 aromatic rings. The molecule has 0 aliphatic heterocycles. The lowest BCUT2D eigenvalue weighted by atomic mass is 9.70. The van der Waals surface area contributed by atoms with Crippen LogP contribution in [0.4, 0.5) is 0 Å². The second-order valence-corrected chi connectivity index (χ2v) is 13.3. The van der Waals surface area contributed by atoms with Crippen molar-refractivity contribution < 1.29 is 14.0 Å². The summed E-state index contributed by atoms with van der Waals surface area (Å²) in [5.74, 6) is 1.72. The van der Waals surface area contributed by atoms with E-state index < -0.39 is 0 Å². The molecular weight excluding hydrogens is 358 g/mol. The molecule has 0 heterocycles. The summed E-state index contributed by atoms with van der Waals surface area (Å²) in [6.07, 6.45) is 8.97. The highest BCUT2D eigenvalue weighted by Crippen LogP contribution is 2.67. The molecule has 4 rings (SSSR count). The van der Waals surface area contributed by atoms with E-state index in [1.807, 2.05) is 0 Å². The average molecular weight is 407 g/mol. The van der Waals surface area contributed by atoms with E-state index in [1.165, 1.54) is 38.5 Å². The van der Waals surface area contributed by atoms with E-state index in [0.717, 1.165) is 42.6 Å². The minimum Gasteiger partial charge on any atom is -0.372 e. The van der Waals surface area contributed by atoms with Crippen molar-refractivity contribution in [2.24, 2.45) is 33.5 Å². The molecule has 29 heavy (non-hydrogen) atoms. The first-order chi connectivity index (χ1) is 13.3. The van der Waals surface area contributed by atoms with Crippen molar-refractivity contribution in [1.82, 2.24) is 0 Å². The number of fused-ring (bicyclic) bond motifs is 4. The molecule has 0 spiro atoms. The first-order valence-electron chi connectivity index (χ1n) is 12.4. The number of rotatable bonds is 8. The summed E-state index contributed by atoms with van der Waals surface area (Å²) in [5.41, 5.74) is 1.64. The third-order valence-corrected chi connectivity index (χ3v) is 11.5. The van der Waals surface area contributed by atoms with Gasteiger partial charge < -0.3 is 14.0 Å². The Bertz CT molecular complexity index is 574. The Hall–Kier alpha value is -0.120. The highest BCUT2D eigenvalue weighted by atomic mass is 16.5. The Kier molecular flexibility index (Phi) is 5.28. The third-order valence-electron chi connectivity index (χ3n) is 11.5. The zero-order valence-electron chi connectivity index (χ0n) is 20.6. The van der Waals surface area contributed by atoms with E-state index in [-0.39, 0.29) is 0 Å². The molecule has 0 unspecified atom stereocenters. The van der Waals surface area contributed by atoms with Crippen molar-refractivity contribution in [3.63, 3.8) is 0 Å². The van der Waals surface area contributed by atoms with Crippen LogP contribution in [0.15, 0.2) is 0 Å². The molecule has 4 aliphatic carbocycles. The van der Waals surface area contributed by atoms with Crippen LogP contribution in [0.3, 0.4) is 0 Å². The van der Waals surface area contributed by atoms with E-state index in [9.17, 15) is 0 Å². The zero-order valence-corrected chi connectivity index (χ0v) is 20.6. The monoisotopic (exact) mass is 406 g/mol. The molecule has 0 aromatic carbocycles. The summed E-state index contributed by atoms with van der Waals surface area (Å²) in [6.45, 7) is 18.8. The van der Waals surface area contributed by atoms with E-state index in [4.69, 9.17) is 9.47 Å². The summed E-state index contributed by atoms with van der Waals surface area (Å²) in [7, 11) is 4.68. The van der Waals surface area contributed by atoms with Gasteiger partial charge in [-0.15, -0.1) is 0 Å². The van der Waals surface area contributed by atoms with Crippen LogP contribution in [0.25, 0.3) is 0 Å². The number of likely N-dealkylation sites (N-methyl/N-ethyl adjacent to an activating group) is 1. The molecule has 6 atom stereocenters. The van der Waals surface area contributed by atoms with Crippen LogP contribution in [0, 0.1) is 33.5 Å². The molecule has 0 amide bonds. The fourth-order valence-electron chi connectivity index (χ4n) is 7.76. The van der Waals surface area contributed by atoms with Gasteiger partial charge >= 0.3 is 0 Å². The number of ether oxygens (including phenoxy) is 2. The molecular formula is C26H48NO2+. The fraction of sp³-hybridized carbons (Fsp3) is 1.00. The summed E-state index contributed by atoms with van der Waals surface area (Å²) in [5, 5.41) is 0. The smallest absolute Gasteiger partial charge is 0.102 e. The fourth-order valence-corrected chi connectivity index (χ4v) is 7.76. The van der Waals surface area contributed by atoms with Gasteiger partial charge in [-0.1, -0.05) is 41.5 Å². The first-order valence-corrected chi connectivity index (χ1v) is 12.4. The Labute approximate surface area is 180 Å². The second kappa shape index (κ2) is 6.94. The van der Waals surface area contributed by atoms with Crippen LogP contribution >= 0.6 is 0 Å². The topological polar surface area (TPSA) is 18.5 Å². The summed E-state index contributed by atoms with van der Waals surface area (Å²) in [4.78, 5) is 0. The minimum atomic E-state index is 0.377. The van der Waals surface area contributed by atoms with Gasteiger partial charge in [0.2, 0.25) is 0 Å². The quantitative estimate of drug-likeness (QED) is 0.494. The van der Waals surface area contributed by atoms with Crippen molar-refractivity contribution >= 4 is 0 Å². The van der Waals surface area contributed by atoms with Crippen LogP contribution in [-0.4, -0.2) is 57.1 Å². The number of hydrogen-bond donors (Lipinski definition) is 0. The highest BCUT2D eigenvalue weighted by molar-refractivity contribution is 5.12. The molecule has 4 saturated carbocycles. The molecule has 3 heteroatoms. The van der Waals surface area contributed by atoms with Gasteiger partial charge in [-0.3, -0.25) is 0 Å². The lowest BCUT2D eigenvalue weighted by molar-refractivity contribution is -0.891. The normalized spacial score (nSPS) is 44.7. The lowest BCUT2D eigenvalue weighted by Gasteiger charge is -2.40. The van der Waals surface area contributed by atoms with Gasteiger partial charge in [-0.25, -0.2) is 0 Å². The SMILES string of the molecule is CC1(C)[C@@H]2CC[C@@]1(C)[C@H](OCC[N+](C)(C)CCO[C@@H]1C[C@@H]3CC[C@@]1(C)C3(C)C)C2. The van der Waals surface area contributed by atoms with Crippen molar-refractivity contribution in [1.29, 1.82) is 0 Å². The van der Waals surface area contributed by atoms with Gasteiger partial charge in [0.25, 0.3) is 0 Å². The zero-order chi connectivity index (χ0) is 21.3. The van der Waals surface area contributed by atoms with Crippen molar-refractivity contribution in [3.05, 3.63) is 0 Å². The summed E-state index contributed by atoms with van der Waals surface area (Å²) < 4.78 is 14.0. The number of hydrogen-bond acceptors (Lipinski definition) is 2. The molecule has 0 saturated heterocycles. The summed E-state index contributed by atoms with van der Waals surface area (Å²) >= 11 is 0. The van der Waals surface area contributed by atoms with Gasteiger partial charge in [0.05, 0.1) is 39.5 Å². The predicted octanol–water partition coefficient (Wildman–Crippen LogP) is 5.53. The van der Waals surface area contributed by atoms with Crippen molar-refractivity contribution in [3.8, 4) is 0 Å².